The SMILES string of the molecule is Oc1ccc(/C=N/n2c(-c3c[nH]c4ccccc34)n[nH]c2=S)c(O)c1. The van der Waals surface area contributed by atoms with E-state index in [1.165, 1.54) is 23.0 Å². The molecule has 2 aromatic heterocycles. The lowest BCUT2D eigenvalue weighted by molar-refractivity contribution is 0.450. The van der Waals surface area contributed by atoms with Gasteiger partial charge >= 0.3 is 0 Å². The summed E-state index contributed by atoms with van der Waals surface area (Å²) in [5.74, 6) is 0.457. The van der Waals surface area contributed by atoms with E-state index in [2.05, 4.69) is 20.3 Å². The van der Waals surface area contributed by atoms with Crippen LogP contribution in [0.15, 0.2) is 53.8 Å². The van der Waals surface area contributed by atoms with Gasteiger partial charge in [-0.3, -0.25) is 0 Å². The van der Waals surface area contributed by atoms with Gasteiger partial charge in [0.25, 0.3) is 0 Å². The van der Waals surface area contributed by atoms with Crippen LogP contribution in [-0.4, -0.2) is 36.3 Å². The third kappa shape index (κ3) is 2.68. The van der Waals surface area contributed by atoms with Crippen LogP contribution in [0.2, 0.25) is 0 Å². The molecule has 0 aliphatic heterocycles. The summed E-state index contributed by atoms with van der Waals surface area (Å²) in [5, 5.41) is 31.6. The van der Waals surface area contributed by atoms with Gasteiger partial charge in [0.1, 0.15) is 11.5 Å². The van der Waals surface area contributed by atoms with Gasteiger partial charge in [-0.15, -0.1) is 0 Å². The van der Waals surface area contributed by atoms with Gasteiger partial charge in [-0.1, -0.05) is 18.2 Å². The molecular formula is C17H13N5O2S. The molecule has 0 bridgehead atoms. The van der Waals surface area contributed by atoms with Crippen LogP contribution in [0, 0.1) is 4.77 Å². The first-order valence-electron chi connectivity index (χ1n) is 7.44. The Hall–Kier alpha value is -3.39. The van der Waals surface area contributed by atoms with Gasteiger partial charge in [0.05, 0.1) is 6.21 Å². The number of aromatic hydroxyl groups is 2. The van der Waals surface area contributed by atoms with Gasteiger partial charge in [0, 0.05) is 34.3 Å². The van der Waals surface area contributed by atoms with Gasteiger partial charge in [-0.25, -0.2) is 5.10 Å². The molecule has 0 atom stereocenters. The van der Waals surface area contributed by atoms with Crippen molar-refractivity contribution in [2.75, 3.05) is 0 Å². The Balaban J connectivity index is 1.80. The molecule has 0 fully saturated rings. The fourth-order valence-electron chi connectivity index (χ4n) is 2.59. The molecule has 7 nitrogen and oxygen atoms in total. The van der Waals surface area contributed by atoms with E-state index < -0.39 is 0 Å². The molecular weight excluding hydrogens is 338 g/mol. The van der Waals surface area contributed by atoms with Crippen LogP contribution in [0.1, 0.15) is 5.56 Å². The third-order valence-electron chi connectivity index (χ3n) is 3.81. The van der Waals surface area contributed by atoms with E-state index in [1.54, 1.807) is 6.07 Å². The summed E-state index contributed by atoms with van der Waals surface area (Å²) in [5.41, 5.74) is 2.29. The first-order valence-corrected chi connectivity index (χ1v) is 7.84. The maximum absolute atomic E-state index is 9.87. The summed E-state index contributed by atoms with van der Waals surface area (Å²) in [6.07, 6.45) is 3.30. The van der Waals surface area contributed by atoms with Crippen LogP contribution in [0.4, 0.5) is 0 Å². The average molecular weight is 351 g/mol. The molecule has 25 heavy (non-hydrogen) atoms. The van der Waals surface area contributed by atoms with Crippen molar-refractivity contribution in [3.63, 3.8) is 0 Å². The zero-order valence-electron chi connectivity index (χ0n) is 12.8. The van der Waals surface area contributed by atoms with Gasteiger partial charge < -0.3 is 15.2 Å². The highest BCUT2D eigenvalue weighted by Gasteiger charge is 2.13. The van der Waals surface area contributed by atoms with E-state index in [0.717, 1.165) is 16.5 Å². The van der Waals surface area contributed by atoms with Crippen LogP contribution < -0.4 is 0 Å². The molecule has 0 radical (unpaired) electrons. The van der Waals surface area contributed by atoms with Crippen LogP contribution >= 0.6 is 12.2 Å². The van der Waals surface area contributed by atoms with E-state index >= 15 is 0 Å². The third-order valence-corrected chi connectivity index (χ3v) is 4.07. The lowest BCUT2D eigenvalue weighted by Crippen LogP contribution is -1.95. The number of hydrogen-bond donors (Lipinski definition) is 4. The van der Waals surface area contributed by atoms with Crippen molar-refractivity contribution in [2.24, 2.45) is 5.10 Å². The molecule has 0 saturated carbocycles. The maximum atomic E-state index is 9.87. The van der Waals surface area contributed by atoms with Crippen molar-refractivity contribution in [3.8, 4) is 22.9 Å². The number of benzene rings is 2. The van der Waals surface area contributed by atoms with Crippen LogP contribution in [0.5, 0.6) is 11.5 Å². The average Bonchev–Trinajstić information content (AvgIpc) is 3.18. The number of fused-ring (bicyclic) bond motifs is 1. The van der Waals surface area contributed by atoms with Crippen LogP contribution in [-0.2, 0) is 0 Å². The van der Waals surface area contributed by atoms with Crippen molar-refractivity contribution < 1.29 is 10.2 Å². The molecule has 0 spiro atoms. The zero-order valence-corrected chi connectivity index (χ0v) is 13.7. The minimum Gasteiger partial charge on any atom is -0.508 e. The Morgan fingerprint density at radius 2 is 2.00 bits per heavy atom. The molecule has 4 N–H and O–H groups in total. The minimum absolute atomic E-state index is 0.0194. The molecule has 0 saturated heterocycles. The Morgan fingerprint density at radius 1 is 1.16 bits per heavy atom. The number of nitrogens with one attached hydrogen (secondary N) is 2. The zero-order chi connectivity index (χ0) is 17.4. The molecule has 124 valence electrons. The predicted molar refractivity (Wildman–Crippen MR) is 97.5 cm³/mol. The number of hydrogen-bond acceptors (Lipinski definition) is 5. The predicted octanol–water partition coefficient (Wildman–Crippen LogP) is 3.38. The number of H-pyrrole nitrogens is 2. The van der Waals surface area contributed by atoms with Gasteiger partial charge in [-0.05, 0) is 30.4 Å². The number of aromatic nitrogens is 4. The molecule has 0 aliphatic carbocycles. The fraction of sp³-hybridized carbons (Fsp3) is 0. The normalized spacial score (nSPS) is 11.5. The minimum atomic E-state index is -0.0765. The molecule has 0 amide bonds. The van der Waals surface area contributed by atoms with E-state index in [0.29, 0.717) is 16.2 Å². The summed E-state index contributed by atoms with van der Waals surface area (Å²) >= 11 is 5.26. The lowest BCUT2D eigenvalue weighted by Gasteiger charge is -2.01. The first-order chi connectivity index (χ1) is 12.1. The molecule has 0 unspecified atom stereocenters. The number of para-hydroxylation sites is 1. The van der Waals surface area contributed by atoms with Gasteiger partial charge in [0.15, 0.2) is 5.82 Å². The summed E-state index contributed by atoms with van der Waals surface area (Å²) in [7, 11) is 0. The van der Waals surface area contributed by atoms with E-state index in [-0.39, 0.29) is 11.5 Å². The Labute approximate surface area is 146 Å². The first kappa shape index (κ1) is 15.2. The second kappa shape index (κ2) is 5.91. The summed E-state index contributed by atoms with van der Waals surface area (Å²) in [6.45, 7) is 0. The Bertz CT molecular complexity index is 1160. The molecule has 0 aliphatic rings. The summed E-state index contributed by atoms with van der Waals surface area (Å²) in [6, 6.07) is 12.1. The quantitative estimate of drug-likeness (QED) is 0.336. The summed E-state index contributed by atoms with van der Waals surface area (Å²) in [4.78, 5) is 3.19. The van der Waals surface area contributed by atoms with Crippen LogP contribution in [0.25, 0.3) is 22.3 Å². The summed E-state index contributed by atoms with van der Waals surface area (Å²) < 4.78 is 1.81. The van der Waals surface area contributed by atoms with Crippen molar-refractivity contribution in [1.82, 2.24) is 19.9 Å². The number of phenolic OH excluding ortho intramolecular Hbond substituents is 2. The van der Waals surface area contributed by atoms with E-state index in [1.807, 2.05) is 30.5 Å². The van der Waals surface area contributed by atoms with Crippen molar-refractivity contribution in [1.29, 1.82) is 0 Å². The highest BCUT2D eigenvalue weighted by molar-refractivity contribution is 7.71. The van der Waals surface area contributed by atoms with Crippen molar-refractivity contribution in [3.05, 3.63) is 59.0 Å². The second-order valence-electron chi connectivity index (χ2n) is 5.40. The lowest BCUT2D eigenvalue weighted by atomic mass is 10.2. The maximum Gasteiger partial charge on any atom is 0.216 e. The second-order valence-corrected chi connectivity index (χ2v) is 5.79. The van der Waals surface area contributed by atoms with Crippen LogP contribution in [0.3, 0.4) is 0 Å². The van der Waals surface area contributed by atoms with Gasteiger partial charge in [0.2, 0.25) is 4.77 Å². The van der Waals surface area contributed by atoms with Gasteiger partial charge in [-0.2, -0.15) is 14.9 Å². The number of rotatable bonds is 3. The number of aromatic amines is 2. The van der Waals surface area contributed by atoms with E-state index in [9.17, 15) is 10.2 Å². The highest BCUT2D eigenvalue weighted by Crippen LogP contribution is 2.27. The molecule has 8 heteroatoms. The number of nitrogens with zero attached hydrogens (tertiary/aromatic N) is 3. The van der Waals surface area contributed by atoms with E-state index in [4.69, 9.17) is 12.2 Å². The highest BCUT2D eigenvalue weighted by atomic mass is 32.1. The fourth-order valence-corrected chi connectivity index (χ4v) is 2.77. The molecule has 2 aromatic carbocycles. The number of phenols is 2. The largest absolute Gasteiger partial charge is 0.508 e. The Morgan fingerprint density at radius 3 is 2.84 bits per heavy atom. The topological polar surface area (TPSA) is 102 Å². The van der Waals surface area contributed by atoms with Crippen molar-refractivity contribution in [2.45, 2.75) is 0 Å². The standard InChI is InChI=1S/C17H13N5O2S/c23-11-6-5-10(15(24)7-11)8-19-22-16(20-21-17(22)25)13-9-18-14-4-2-1-3-12(13)14/h1-9,18,23-24H,(H,21,25)/b19-8+. The monoisotopic (exact) mass is 351 g/mol. The molecule has 4 aromatic rings. The molecule has 4 rings (SSSR count). The smallest absolute Gasteiger partial charge is 0.216 e. The Kier molecular flexibility index (Phi) is 3.58. The van der Waals surface area contributed by atoms with Crippen molar-refractivity contribution >= 4 is 29.3 Å². The molecule has 2 heterocycles.